The van der Waals surface area contributed by atoms with Crippen LogP contribution in [0.25, 0.3) is 10.4 Å². The first-order valence-corrected chi connectivity index (χ1v) is 8.70. The summed E-state index contributed by atoms with van der Waals surface area (Å²) in [6, 6.07) is 7.83. The van der Waals surface area contributed by atoms with Crippen LogP contribution in [-0.2, 0) is 0 Å². The van der Waals surface area contributed by atoms with E-state index in [1.54, 1.807) is 23.6 Å². The molecular formula is C17H21N3OS. The first kappa shape index (κ1) is 15.2. The van der Waals surface area contributed by atoms with E-state index in [2.05, 4.69) is 21.7 Å². The van der Waals surface area contributed by atoms with Crippen LogP contribution in [0.3, 0.4) is 0 Å². The third kappa shape index (κ3) is 3.93. The molecule has 1 amide bonds. The number of carbonyl (C=O) groups is 1. The van der Waals surface area contributed by atoms with E-state index < -0.39 is 0 Å². The standard InChI is InChI=1S/C17H21N3OS/c21-17(19-9-7-13-3-1-8-18-11-13)15-6-5-14(12-20-15)16-4-2-10-22-16/h2,4-6,10,12-13,18H,1,3,7-9,11H2,(H,19,21). The largest absolute Gasteiger partial charge is 0.351 e. The number of nitrogens with zero attached hydrogens (tertiary/aromatic N) is 1. The molecule has 1 aliphatic heterocycles. The monoisotopic (exact) mass is 315 g/mol. The molecule has 0 aliphatic carbocycles. The van der Waals surface area contributed by atoms with E-state index in [9.17, 15) is 4.79 Å². The van der Waals surface area contributed by atoms with Gasteiger partial charge in [-0.1, -0.05) is 6.07 Å². The van der Waals surface area contributed by atoms with Gasteiger partial charge < -0.3 is 10.6 Å². The van der Waals surface area contributed by atoms with E-state index in [0.717, 1.165) is 31.6 Å². The molecule has 116 valence electrons. The molecule has 0 aromatic carbocycles. The van der Waals surface area contributed by atoms with Crippen molar-refractivity contribution in [2.75, 3.05) is 19.6 Å². The third-order valence-electron chi connectivity index (χ3n) is 4.04. The van der Waals surface area contributed by atoms with Gasteiger partial charge in [0.2, 0.25) is 0 Å². The molecule has 1 atom stereocenters. The molecule has 1 fully saturated rings. The van der Waals surface area contributed by atoms with Crippen LogP contribution >= 0.6 is 11.3 Å². The van der Waals surface area contributed by atoms with Gasteiger partial charge in [0.25, 0.3) is 5.91 Å². The molecule has 1 aliphatic rings. The molecule has 1 saturated heterocycles. The number of rotatable bonds is 5. The molecule has 0 spiro atoms. The molecule has 3 heterocycles. The molecule has 4 nitrogen and oxygen atoms in total. The van der Waals surface area contributed by atoms with Crippen molar-refractivity contribution < 1.29 is 4.79 Å². The van der Waals surface area contributed by atoms with Gasteiger partial charge in [0.15, 0.2) is 0 Å². The van der Waals surface area contributed by atoms with Crippen molar-refractivity contribution in [3.8, 4) is 10.4 Å². The number of nitrogens with one attached hydrogen (secondary N) is 2. The molecule has 0 saturated carbocycles. The van der Waals surface area contributed by atoms with Gasteiger partial charge in [-0.05, 0) is 61.8 Å². The Hall–Kier alpha value is -1.72. The van der Waals surface area contributed by atoms with Crippen molar-refractivity contribution in [2.24, 2.45) is 5.92 Å². The third-order valence-corrected chi connectivity index (χ3v) is 4.96. The Bertz CT molecular complexity index is 589. The van der Waals surface area contributed by atoms with E-state index >= 15 is 0 Å². The summed E-state index contributed by atoms with van der Waals surface area (Å²) >= 11 is 1.67. The van der Waals surface area contributed by atoms with Crippen LogP contribution in [0, 0.1) is 5.92 Å². The maximum atomic E-state index is 12.1. The molecule has 3 rings (SSSR count). The van der Waals surface area contributed by atoms with Crippen LogP contribution < -0.4 is 10.6 Å². The fraction of sp³-hybridized carbons (Fsp3) is 0.412. The number of carbonyl (C=O) groups excluding carboxylic acids is 1. The smallest absolute Gasteiger partial charge is 0.269 e. The van der Waals surface area contributed by atoms with Crippen LogP contribution in [0.1, 0.15) is 29.8 Å². The maximum Gasteiger partial charge on any atom is 0.269 e. The maximum absolute atomic E-state index is 12.1. The highest BCUT2D eigenvalue weighted by Gasteiger charge is 2.13. The first-order valence-electron chi connectivity index (χ1n) is 7.82. The lowest BCUT2D eigenvalue weighted by Crippen LogP contribution is -2.33. The number of aromatic nitrogens is 1. The minimum absolute atomic E-state index is 0.0819. The van der Waals surface area contributed by atoms with E-state index in [4.69, 9.17) is 0 Å². The van der Waals surface area contributed by atoms with Crippen LogP contribution in [0.5, 0.6) is 0 Å². The van der Waals surface area contributed by atoms with Gasteiger partial charge in [-0.15, -0.1) is 11.3 Å². The average Bonchev–Trinajstić information content (AvgIpc) is 3.10. The highest BCUT2D eigenvalue weighted by molar-refractivity contribution is 7.13. The summed E-state index contributed by atoms with van der Waals surface area (Å²) in [5.41, 5.74) is 1.54. The predicted molar refractivity (Wildman–Crippen MR) is 90.1 cm³/mol. The topological polar surface area (TPSA) is 54.0 Å². The zero-order valence-corrected chi connectivity index (χ0v) is 13.4. The second-order valence-corrected chi connectivity index (χ2v) is 6.61. The minimum Gasteiger partial charge on any atom is -0.351 e. The van der Waals surface area contributed by atoms with Crippen molar-refractivity contribution in [3.05, 3.63) is 41.5 Å². The van der Waals surface area contributed by atoms with Gasteiger partial charge in [-0.3, -0.25) is 9.78 Å². The van der Waals surface area contributed by atoms with Gasteiger partial charge in [-0.25, -0.2) is 0 Å². The van der Waals surface area contributed by atoms with E-state index in [0.29, 0.717) is 11.6 Å². The Morgan fingerprint density at radius 3 is 3.05 bits per heavy atom. The summed E-state index contributed by atoms with van der Waals surface area (Å²) in [5, 5.41) is 8.41. The summed E-state index contributed by atoms with van der Waals surface area (Å²) in [7, 11) is 0. The molecule has 0 radical (unpaired) electrons. The van der Waals surface area contributed by atoms with Crippen LogP contribution in [0.15, 0.2) is 35.8 Å². The zero-order chi connectivity index (χ0) is 15.2. The highest BCUT2D eigenvalue weighted by atomic mass is 32.1. The number of piperidine rings is 1. The molecular weight excluding hydrogens is 294 g/mol. The fourth-order valence-corrected chi connectivity index (χ4v) is 3.49. The number of hydrogen-bond donors (Lipinski definition) is 2. The summed E-state index contributed by atoms with van der Waals surface area (Å²) in [5.74, 6) is 0.602. The number of pyridine rings is 1. The van der Waals surface area contributed by atoms with Crippen molar-refractivity contribution in [2.45, 2.75) is 19.3 Å². The Labute approximate surface area is 135 Å². The van der Waals surface area contributed by atoms with E-state index in [1.165, 1.54) is 17.7 Å². The van der Waals surface area contributed by atoms with E-state index in [-0.39, 0.29) is 5.91 Å². The lowest BCUT2D eigenvalue weighted by molar-refractivity contribution is 0.0945. The van der Waals surface area contributed by atoms with Gasteiger partial charge in [0.05, 0.1) is 0 Å². The highest BCUT2D eigenvalue weighted by Crippen LogP contribution is 2.23. The Balaban J connectivity index is 1.49. The molecule has 22 heavy (non-hydrogen) atoms. The van der Waals surface area contributed by atoms with Crippen LogP contribution in [0.2, 0.25) is 0 Å². The fourth-order valence-electron chi connectivity index (χ4n) is 2.77. The molecule has 2 aromatic rings. The van der Waals surface area contributed by atoms with Crippen molar-refractivity contribution in [1.29, 1.82) is 0 Å². The van der Waals surface area contributed by atoms with Gasteiger partial charge in [-0.2, -0.15) is 0 Å². The number of amides is 1. The second kappa shape index (κ2) is 7.51. The van der Waals surface area contributed by atoms with Gasteiger partial charge in [0.1, 0.15) is 5.69 Å². The first-order chi connectivity index (χ1) is 10.8. The van der Waals surface area contributed by atoms with Crippen molar-refractivity contribution in [1.82, 2.24) is 15.6 Å². The Morgan fingerprint density at radius 1 is 1.41 bits per heavy atom. The second-order valence-electron chi connectivity index (χ2n) is 5.67. The van der Waals surface area contributed by atoms with E-state index in [1.807, 2.05) is 17.5 Å². The average molecular weight is 315 g/mol. The SMILES string of the molecule is O=C(NCCC1CCCNC1)c1ccc(-c2cccs2)cn1. The zero-order valence-electron chi connectivity index (χ0n) is 12.5. The quantitative estimate of drug-likeness (QED) is 0.892. The van der Waals surface area contributed by atoms with Gasteiger partial charge in [0, 0.05) is 23.2 Å². The molecule has 0 bridgehead atoms. The summed E-state index contributed by atoms with van der Waals surface area (Å²) in [6.45, 7) is 2.92. The molecule has 1 unspecified atom stereocenters. The van der Waals surface area contributed by atoms with Gasteiger partial charge >= 0.3 is 0 Å². The summed E-state index contributed by atoms with van der Waals surface area (Å²) < 4.78 is 0. The number of thiophene rings is 1. The Kier molecular flexibility index (Phi) is 5.19. The summed E-state index contributed by atoms with van der Waals surface area (Å²) in [6.07, 6.45) is 5.30. The molecule has 2 N–H and O–H groups in total. The van der Waals surface area contributed by atoms with Crippen molar-refractivity contribution >= 4 is 17.2 Å². The predicted octanol–water partition coefficient (Wildman–Crippen LogP) is 2.93. The Morgan fingerprint density at radius 2 is 2.36 bits per heavy atom. The number of hydrogen-bond acceptors (Lipinski definition) is 4. The summed E-state index contributed by atoms with van der Waals surface area (Å²) in [4.78, 5) is 17.6. The van der Waals surface area contributed by atoms with Crippen LogP contribution in [0.4, 0.5) is 0 Å². The lowest BCUT2D eigenvalue weighted by atomic mass is 9.96. The minimum atomic E-state index is -0.0819. The molecule has 5 heteroatoms. The van der Waals surface area contributed by atoms with Crippen molar-refractivity contribution in [3.63, 3.8) is 0 Å². The lowest BCUT2D eigenvalue weighted by Gasteiger charge is -2.22. The van der Waals surface area contributed by atoms with Crippen LogP contribution in [-0.4, -0.2) is 30.5 Å². The molecule has 2 aromatic heterocycles. The normalized spacial score (nSPS) is 18.1.